The molecule has 0 bridgehead atoms. The Morgan fingerprint density at radius 3 is 2.56 bits per heavy atom. The Morgan fingerprint density at radius 2 is 1.85 bits per heavy atom. The van der Waals surface area contributed by atoms with Crippen molar-refractivity contribution in [3.63, 3.8) is 0 Å². The van der Waals surface area contributed by atoms with E-state index in [1.54, 1.807) is 0 Å². The summed E-state index contributed by atoms with van der Waals surface area (Å²) in [6.07, 6.45) is 0.992. The number of halogens is 1. The van der Waals surface area contributed by atoms with Crippen molar-refractivity contribution in [3.8, 4) is 0 Å². The van der Waals surface area contributed by atoms with Gasteiger partial charge in [0.2, 0.25) is 0 Å². The second-order valence-electron chi connectivity index (χ2n) is 6.44. The molecule has 4 nitrogen and oxygen atoms in total. The van der Waals surface area contributed by atoms with Gasteiger partial charge < -0.3 is 10.2 Å². The summed E-state index contributed by atoms with van der Waals surface area (Å²) in [7, 11) is 0. The molecule has 0 unspecified atom stereocenters. The van der Waals surface area contributed by atoms with Gasteiger partial charge in [0.25, 0.3) is 0 Å². The molecule has 27 heavy (non-hydrogen) atoms. The number of nitrogens with one attached hydrogen (secondary N) is 1. The number of hydrazone groups is 1. The molecule has 0 aromatic heterocycles. The first-order valence-electron chi connectivity index (χ1n) is 9.37. The Morgan fingerprint density at radius 1 is 1.11 bits per heavy atom. The Labute approximate surface area is 171 Å². The van der Waals surface area contributed by atoms with Crippen LogP contribution in [0.3, 0.4) is 0 Å². The van der Waals surface area contributed by atoms with Crippen molar-refractivity contribution in [2.24, 2.45) is 5.10 Å². The monoisotopic (exact) mass is 400 g/mol. The Kier molecular flexibility index (Phi) is 6.83. The quantitative estimate of drug-likeness (QED) is 0.674. The number of nitrogens with zero attached hydrogens (tertiary/aromatic N) is 3. The summed E-state index contributed by atoms with van der Waals surface area (Å²) in [6.45, 7) is 8.28. The predicted molar refractivity (Wildman–Crippen MR) is 119 cm³/mol. The van der Waals surface area contributed by atoms with E-state index in [0.717, 1.165) is 55.1 Å². The summed E-state index contributed by atoms with van der Waals surface area (Å²) in [4.78, 5) is 2.41. The molecule has 6 heteroatoms. The summed E-state index contributed by atoms with van der Waals surface area (Å²) in [5, 5.41) is 11.5. The van der Waals surface area contributed by atoms with Crippen molar-refractivity contribution >= 4 is 40.3 Å². The molecule has 2 aromatic carbocycles. The lowest BCUT2D eigenvalue weighted by Gasteiger charge is -2.22. The van der Waals surface area contributed by atoms with Crippen molar-refractivity contribution in [2.45, 2.75) is 20.3 Å². The Bertz CT molecular complexity index is 818. The minimum atomic E-state index is 0.615. The normalized spacial score (nSPS) is 13.9. The molecule has 0 fully saturated rings. The van der Waals surface area contributed by atoms with Crippen LogP contribution in [0.1, 0.15) is 31.4 Å². The van der Waals surface area contributed by atoms with Crippen molar-refractivity contribution in [3.05, 3.63) is 64.7 Å². The van der Waals surface area contributed by atoms with E-state index in [4.69, 9.17) is 28.9 Å². The number of hydrogen-bond acceptors (Lipinski definition) is 3. The van der Waals surface area contributed by atoms with E-state index in [0.29, 0.717) is 10.1 Å². The lowest BCUT2D eigenvalue weighted by molar-refractivity contribution is 0.284. The zero-order valence-corrected chi connectivity index (χ0v) is 17.4. The molecule has 142 valence electrons. The maximum Gasteiger partial charge on any atom is 0.194 e. The van der Waals surface area contributed by atoms with E-state index < -0.39 is 0 Å². The summed E-state index contributed by atoms with van der Waals surface area (Å²) in [5.74, 6) is 0. The summed E-state index contributed by atoms with van der Waals surface area (Å²) in [6, 6.07) is 15.9. The van der Waals surface area contributed by atoms with Crippen LogP contribution < -0.4 is 5.32 Å². The van der Waals surface area contributed by atoms with E-state index in [9.17, 15) is 0 Å². The Hall–Kier alpha value is -1.95. The highest BCUT2D eigenvalue weighted by atomic mass is 35.5. The molecule has 1 aliphatic heterocycles. The van der Waals surface area contributed by atoms with Crippen LogP contribution in [-0.4, -0.2) is 46.9 Å². The minimum absolute atomic E-state index is 0.615. The third-order valence-corrected chi connectivity index (χ3v) is 5.27. The lowest BCUT2D eigenvalue weighted by Crippen LogP contribution is -2.33. The number of benzene rings is 2. The SMILES string of the molecule is CCN(CC)CCCN1N=C(c2ccccc2)c2cc(Cl)ccc2NC1=S. The fraction of sp³-hybridized carbons (Fsp3) is 0.333. The number of anilines is 1. The van der Waals surface area contributed by atoms with Crippen LogP contribution in [0, 0.1) is 0 Å². The van der Waals surface area contributed by atoms with Crippen LogP contribution in [0.5, 0.6) is 0 Å². The Balaban J connectivity index is 1.92. The van der Waals surface area contributed by atoms with Crippen LogP contribution in [0.2, 0.25) is 5.02 Å². The third kappa shape index (κ3) is 4.86. The number of fused-ring (bicyclic) bond motifs is 1. The summed E-state index contributed by atoms with van der Waals surface area (Å²) in [5.41, 5.74) is 3.81. The molecule has 1 heterocycles. The van der Waals surface area contributed by atoms with Gasteiger partial charge in [0.15, 0.2) is 5.11 Å². The smallest absolute Gasteiger partial charge is 0.194 e. The van der Waals surface area contributed by atoms with Crippen LogP contribution in [0.15, 0.2) is 53.6 Å². The summed E-state index contributed by atoms with van der Waals surface area (Å²) >= 11 is 11.9. The van der Waals surface area contributed by atoms with Gasteiger partial charge in [0.05, 0.1) is 0 Å². The number of hydrogen-bond donors (Lipinski definition) is 1. The van der Waals surface area contributed by atoms with Crippen LogP contribution in [0.25, 0.3) is 0 Å². The van der Waals surface area contributed by atoms with Gasteiger partial charge in [-0.25, -0.2) is 5.01 Å². The standard InChI is InChI=1S/C21H25ClN4S/c1-3-25(4-2)13-8-14-26-21(27)23-19-12-11-17(22)15-18(19)20(24-26)16-9-6-5-7-10-16/h5-7,9-12,15H,3-4,8,13-14H2,1-2H3,(H,23,27). The van der Waals surface area contributed by atoms with Gasteiger partial charge in [-0.1, -0.05) is 55.8 Å². The highest BCUT2D eigenvalue weighted by Gasteiger charge is 2.21. The molecule has 1 N–H and O–H groups in total. The fourth-order valence-electron chi connectivity index (χ4n) is 3.17. The van der Waals surface area contributed by atoms with Gasteiger partial charge in [-0.2, -0.15) is 5.10 Å². The van der Waals surface area contributed by atoms with Gasteiger partial charge in [-0.15, -0.1) is 0 Å². The lowest BCUT2D eigenvalue weighted by atomic mass is 10.0. The largest absolute Gasteiger partial charge is 0.331 e. The van der Waals surface area contributed by atoms with Crippen molar-refractivity contribution in [2.75, 3.05) is 31.5 Å². The molecule has 3 rings (SSSR count). The highest BCUT2D eigenvalue weighted by Crippen LogP contribution is 2.27. The molecule has 0 radical (unpaired) electrons. The van der Waals surface area contributed by atoms with E-state index in [-0.39, 0.29) is 0 Å². The molecular formula is C21H25ClN4S. The van der Waals surface area contributed by atoms with Gasteiger partial charge in [-0.05, 0) is 56.5 Å². The van der Waals surface area contributed by atoms with Crippen LogP contribution in [-0.2, 0) is 0 Å². The fourth-order valence-corrected chi connectivity index (χ4v) is 3.58. The maximum atomic E-state index is 6.27. The van der Waals surface area contributed by atoms with E-state index in [1.165, 1.54) is 0 Å². The zero-order chi connectivity index (χ0) is 19.2. The minimum Gasteiger partial charge on any atom is -0.331 e. The first-order chi connectivity index (χ1) is 13.1. The van der Waals surface area contributed by atoms with Gasteiger partial charge >= 0.3 is 0 Å². The second-order valence-corrected chi connectivity index (χ2v) is 7.26. The van der Waals surface area contributed by atoms with Crippen LogP contribution in [0.4, 0.5) is 5.69 Å². The van der Waals surface area contributed by atoms with Crippen LogP contribution >= 0.6 is 23.8 Å². The van der Waals surface area contributed by atoms with Gasteiger partial charge in [-0.3, -0.25) is 0 Å². The number of rotatable bonds is 7. The molecular weight excluding hydrogens is 376 g/mol. The second kappa shape index (κ2) is 9.31. The number of thiocarbonyl (C=S) groups is 1. The van der Waals surface area contributed by atoms with Crippen molar-refractivity contribution in [1.82, 2.24) is 9.91 Å². The van der Waals surface area contributed by atoms with E-state index >= 15 is 0 Å². The van der Waals surface area contributed by atoms with Crippen molar-refractivity contribution < 1.29 is 0 Å². The molecule has 0 spiro atoms. The van der Waals surface area contributed by atoms with E-state index in [2.05, 4.69) is 36.2 Å². The molecule has 0 amide bonds. The molecule has 0 saturated carbocycles. The van der Waals surface area contributed by atoms with E-state index in [1.807, 2.05) is 41.4 Å². The first-order valence-corrected chi connectivity index (χ1v) is 10.2. The highest BCUT2D eigenvalue weighted by molar-refractivity contribution is 7.80. The molecule has 0 atom stereocenters. The summed E-state index contributed by atoms with van der Waals surface area (Å²) < 4.78 is 0. The molecule has 0 saturated heterocycles. The topological polar surface area (TPSA) is 30.9 Å². The average Bonchev–Trinajstić information content (AvgIpc) is 2.82. The average molecular weight is 401 g/mol. The predicted octanol–water partition coefficient (Wildman–Crippen LogP) is 4.84. The molecule has 0 aliphatic carbocycles. The van der Waals surface area contributed by atoms with Gasteiger partial charge in [0, 0.05) is 28.4 Å². The van der Waals surface area contributed by atoms with Gasteiger partial charge in [0.1, 0.15) is 5.71 Å². The molecule has 1 aliphatic rings. The first kappa shape index (κ1) is 19.8. The third-order valence-electron chi connectivity index (χ3n) is 4.72. The molecule has 2 aromatic rings. The maximum absolute atomic E-state index is 6.27. The zero-order valence-electron chi connectivity index (χ0n) is 15.8. The van der Waals surface area contributed by atoms with Crippen molar-refractivity contribution in [1.29, 1.82) is 0 Å².